The van der Waals surface area contributed by atoms with E-state index < -0.39 is 0 Å². The summed E-state index contributed by atoms with van der Waals surface area (Å²) in [6, 6.07) is 13.1. The molecule has 106 valence electrons. The van der Waals surface area contributed by atoms with Crippen LogP contribution >= 0.6 is 23.2 Å². The number of benzene rings is 2. The highest BCUT2D eigenvalue weighted by molar-refractivity contribution is 6.33. The van der Waals surface area contributed by atoms with Crippen LogP contribution in [0, 0.1) is 12.7 Å². The van der Waals surface area contributed by atoms with Crippen molar-refractivity contribution in [2.45, 2.75) is 31.6 Å². The van der Waals surface area contributed by atoms with E-state index in [1.165, 1.54) is 6.07 Å². The fraction of sp³-hybridized carbons (Fsp3) is 0.294. The second kappa shape index (κ2) is 5.75. The maximum Gasteiger partial charge on any atom is 0.127 e. The summed E-state index contributed by atoms with van der Waals surface area (Å²) in [7, 11) is 0. The zero-order valence-electron chi connectivity index (χ0n) is 11.8. The second-order valence-corrected chi connectivity index (χ2v) is 6.42. The van der Waals surface area contributed by atoms with Crippen LogP contribution in [0.3, 0.4) is 0 Å². The summed E-state index contributed by atoms with van der Waals surface area (Å²) in [6.07, 6.45) is 0. The molecular weight excluding hydrogens is 294 g/mol. The molecule has 1 atom stereocenters. The molecule has 1 unspecified atom stereocenters. The van der Waals surface area contributed by atoms with E-state index in [1.807, 2.05) is 30.3 Å². The Hall–Kier alpha value is -1.05. The monoisotopic (exact) mass is 310 g/mol. The quantitative estimate of drug-likeness (QED) is 0.606. The first kappa shape index (κ1) is 15.3. The van der Waals surface area contributed by atoms with Gasteiger partial charge in [0.1, 0.15) is 5.82 Å². The molecule has 2 aromatic rings. The van der Waals surface area contributed by atoms with E-state index in [2.05, 4.69) is 13.8 Å². The Morgan fingerprint density at radius 2 is 1.70 bits per heavy atom. The van der Waals surface area contributed by atoms with Crippen molar-refractivity contribution in [3.63, 3.8) is 0 Å². The van der Waals surface area contributed by atoms with Crippen molar-refractivity contribution >= 4 is 23.2 Å². The van der Waals surface area contributed by atoms with Crippen LogP contribution in [0.15, 0.2) is 42.5 Å². The van der Waals surface area contributed by atoms with Gasteiger partial charge in [-0.25, -0.2) is 4.39 Å². The van der Waals surface area contributed by atoms with Crippen molar-refractivity contribution < 1.29 is 4.39 Å². The summed E-state index contributed by atoms with van der Waals surface area (Å²) in [4.78, 5) is 0. The molecule has 0 spiro atoms. The minimum atomic E-state index is -0.336. The van der Waals surface area contributed by atoms with Gasteiger partial charge in [0.15, 0.2) is 0 Å². The summed E-state index contributed by atoms with van der Waals surface area (Å²) in [5.41, 5.74) is 2.13. The third-order valence-electron chi connectivity index (χ3n) is 3.70. The molecule has 0 fully saturated rings. The largest absolute Gasteiger partial charge is 0.207 e. The molecule has 0 amide bonds. The molecule has 0 aromatic heterocycles. The van der Waals surface area contributed by atoms with E-state index in [4.69, 9.17) is 23.2 Å². The van der Waals surface area contributed by atoms with Crippen LogP contribution in [0.4, 0.5) is 4.39 Å². The molecule has 0 N–H and O–H groups in total. The smallest absolute Gasteiger partial charge is 0.127 e. The van der Waals surface area contributed by atoms with Gasteiger partial charge in [-0.2, -0.15) is 0 Å². The minimum absolute atomic E-state index is 0.305. The molecule has 0 aliphatic rings. The number of aryl methyl sites for hydroxylation is 1. The Balaban J connectivity index is 2.45. The maximum absolute atomic E-state index is 13.5. The van der Waals surface area contributed by atoms with Crippen molar-refractivity contribution in [1.29, 1.82) is 0 Å². The predicted molar refractivity (Wildman–Crippen MR) is 84.2 cm³/mol. The Morgan fingerprint density at radius 3 is 2.30 bits per heavy atom. The van der Waals surface area contributed by atoms with Crippen LogP contribution in [-0.2, 0) is 5.41 Å². The van der Waals surface area contributed by atoms with Crippen LogP contribution in [0.25, 0.3) is 0 Å². The summed E-state index contributed by atoms with van der Waals surface area (Å²) in [5, 5.41) is 0.0359. The van der Waals surface area contributed by atoms with Gasteiger partial charge >= 0.3 is 0 Å². The Kier molecular flexibility index (Phi) is 4.41. The fourth-order valence-electron chi connectivity index (χ4n) is 2.28. The van der Waals surface area contributed by atoms with Crippen LogP contribution in [0.5, 0.6) is 0 Å². The van der Waals surface area contributed by atoms with E-state index in [0.717, 1.165) is 11.1 Å². The molecule has 0 radical (unpaired) electrons. The van der Waals surface area contributed by atoms with Crippen molar-refractivity contribution in [1.82, 2.24) is 0 Å². The van der Waals surface area contributed by atoms with E-state index in [0.29, 0.717) is 10.6 Å². The van der Waals surface area contributed by atoms with Crippen LogP contribution in [-0.4, -0.2) is 0 Å². The molecule has 0 heterocycles. The van der Waals surface area contributed by atoms with Gasteiger partial charge < -0.3 is 0 Å². The summed E-state index contributed by atoms with van der Waals surface area (Å²) in [5.74, 6) is -0.305. The number of hydrogen-bond acceptors (Lipinski definition) is 0. The summed E-state index contributed by atoms with van der Waals surface area (Å²) in [6.45, 7) is 5.85. The molecule has 0 nitrogen and oxygen atoms in total. The summed E-state index contributed by atoms with van der Waals surface area (Å²) < 4.78 is 13.5. The van der Waals surface area contributed by atoms with Gasteiger partial charge in [0.25, 0.3) is 0 Å². The van der Waals surface area contributed by atoms with Gasteiger partial charge in [-0.15, -0.1) is 11.6 Å². The van der Waals surface area contributed by atoms with Gasteiger partial charge in [0.05, 0.1) is 5.38 Å². The predicted octanol–water partition coefficient (Wildman–Crippen LogP) is 6.05. The molecule has 3 heteroatoms. The lowest BCUT2D eigenvalue weighted by molar-refractivity contribution is 0.503. The SMILES string of the molecule is Cc1cc(C(Cl)C(C)(C)c2ccccc2)c(Cl)cc1F. The van der Waals surface area contributed by atoms with E-state index in [9.17, 15) is 4.39 Å². The van der Waals surface area contributed by atoms with Crippen molar-refractivity contribution in [3.05, 3.63) is 70.0 Å². The highest BCUT2D eigenvalue weighted by Crippen LogP contribution is 2.44. The number of hydrogen-bond donors (Lipinski definition) is 0. The third kappa shape index (κ3) is 2.84. The first-order valence-corrected chi connectivity index (χ1v) is 7.30. The number of halogens is 3. The summed E-state index contributed by atoms with van der Waals surface area (Å²) >= 11 is 12.8. The van der Waals surface area contributed by atoms with E-state index in [1.54, 1.807) is 13.0 Å². The van der Waals surface area contributed by atoms with Crippen LogP contribution in [0.2, 0.25) is 5.02 Å². The Bertz CT molecular complexity index is 606. The van der Waals surface area contributed by atoms with Crippen molar-refractivity contribution in [2.24, 2.45) is 0 Å². The first-order chi connectivity index (χ1) is 9.34. The van der Waals surface area contributed by atoms with E-state index >= 15 is 0 Å². The lowest BCUT2D eigenvalue weighted by atomic mass is 9.78. The topological polar surface area (TPSA) is 0 Å². The second-order valence-electron chi connectivity index (χ2n) is 5.57. The molecule has 2 aromatic carbocycles. The first-order valence-electron chi connectivity index (χ1n) is 6.49. The lowest BCUT2D eigenvalue weighted by Crippen LogP contribution is -2.23. The average molecular weight is 311 g/mol. The number of rotatable bonds is 3. The Morgan fingerprint density at radius 1 is 1.10 bits per heavy atom. The fourth-order valence-corrected chi connectivity index (χ4v) is 2.90. The highest BCUT2D eigenvalue weighted by atomic mass is 35.5. The standard InChI is InChI=1S/C17H17Cl2F/c1-11-9-13(14(18)10-15(11)20)16(19)17(2,3)12-7-5-4-6-8-12/h4-10,16H,1-3H3. The van der Waals surface area contributed by atoms with Gasteiger partial charge in [0, 0.05) is 10.4 Å². The van der Waals surface area contributed by atoms with Gasteiger partial charge in [0.2, 0.25) is 0 Å². The lowest BCUT2D eigenvalue weighted by Gasteiger charge is -2.31. The van der Waals surface area contributed by atoms with Crippen molar-refractivity contribution in [2.75, 3.05) is 0 Å². The average Bonchev–Trinajstić information content (AvgIpc) is 2.43. The maximum atomic E-state index is 13.5. The minimum Gasteiger partial charge on any atom is -0.207 e. The normalized spacial score (nSPS) is 13.3. The zero-order chi connectivity index (χ0) is 14.9. The molecule has 0 saturated heterocycles. The third-order valence-corrected chi connectivity index (χ3v) is 4.81. The molecular formula is C17H17Cl2F. The molecule has 0 bridgehead atoms. The van der Waals surface area contributed by atoms with Gasteiger partial charge in [-0.3, -0.25) is 0 Å². The van der Waals surface area contributed by atoms with Gasteiger partial charge in [-0.1, -0.05) is 61.8 Å². The molecule has 0 saturated carbocycles. The molecule has 20 heavy (non-hydrogen) atoms. The Labute approximate surface area is 129 Å². The van der Waals surface area contributed by atoms with Crippen LogP contribution < -0.4 is 0 Å². The highest BCUT2D eigenvalue weighted by Gasteiger charge is 2.32. The van der Waals surface area contributed by atoms with Crippen molar-refractivity contribution in [3.8, 4) is 0 Å². The molecule has 2 rings (SSSR count). The van der Waals surface area contributed by atoms with E-state index in [-0.39, 0.29) is 16.6 Å². The molecule has 0 aliphatic carbocycles. The number of alkyl halides is 1. The zero-order valence-corrected chi connectivity index (χ0v) is 13.3. The molecule has 0 aliphatic heterocycles. The van der Waals surface area contributed by atoms with Gasteiger partial charge in [-0.05, 0) is 29.7 Å². The van der Waals surface area contributed by atoms with Crippen LogP contribution in [0.1, 0.15) is 35.9 Å².